The van der Waals surface area contributed by atoms with Crippen LogP contribution in [0.2, 0.25) is 0 Å². The Bertz CT molecular complexity index is 187. The standard InChI is InChI=1S/C13H27NO2/c1-4-5-6-7-8-10(2)16-12-9-11(14)13(12)15-3/h10-13H,4-9,14H2,1-3H3. The van der Waals surface area contributed by atoms with Gasteiger partial charge >= 0.3 is 0 Å². The number of hydrogen-bond acceptors (Lipinski definition) is 3. The van der Waals surface area contributed by atoms with E-state index in [-0.39, 0.29) is 18.2 Å². The lowest BCUT2D eigenvalue weighted by atomic mass is 9.86. The monoisotopic (exact) mass is 229 g/mol. The summed E-state index contributed by atoms with van der Waals surface area (Å²) in [6, 6.07) is 0.169. The fourth-order valence-corrected chi connectivity index (χ4v) is 2.30. The SMILES string of the molecule is CCCCCCC(C)OC1CC(N)C1OC. The fourth-order valence-electron chi connectivity index (χ4n) is 2.30. The molecule has 1 rings (SSSR count). The lowest BCUT2D eigenvalue weighted by Crippen LogP contribution is -2.58. The molecule has 4 unspecified atom stereocenters. The van der Waals surface area contributed by atoms with Gasteiger partial charge in [0.2, 0.25) is 0 Å². The van der Waals surface area contributed by atoms with Crippen molar-refractivity contribution in [3.8, 4) is 0 Å². The second-order valence-electron chi connectivity index (χ2n) is 4.93. The molecule has 3 nitrogen and oxygen atoms in total. The van der Waals surface area contributed by atoms with Crippen LogP contribution in [0.1, 0.15) is 52.4 Å². The van der Waals surface area contributed by atoms with Crippen LogP contribution in [0.4, 0.5) is 0 Å². The summed E-state index contributed by atoms with van der Waals surface area (Å²) in [6.45, 7) is 4.39. The van der Waals surface area contributed by atoms with Gasteiger partial charge in [-0.05, 0) is 19.8 Å². The van der Waals surface area contributed by atoms with E-state index >= 15 is 0 Å². The van der Waals surface area contributed by atoms with E-state index in [1.165, 1.54) is 25.7 Å². The molecule has 0 spiro atoms. The first kappa shape index (κ1) is 13.9. The molecule has 1 saturated carbocycles. The maximum atomic E-state index is 5.94. The Morgan fingerprint density at radius 3 is 2.62 bits per heavy atom. The zero-order valence-electron chi connectivity index (χ0n) is 10.9. The number of methoxy groups -OCH3 is 1. The molecule has 0 aromatic carbocycles. The van der Waals surface area contributed by atoms with Gasteiger partial charge in [0.05, 0.1) is 18.3 Å². The van der Waals surface area contributed by atoms with Gasteiger partial charge in [-0.25, -0.2) is 0 Å². The molecule has 0 aromatic rings. The highest BCUT2D eigenvalue weighted by atomic mass is 16.5. The van der Waals surface area contributed by atoms with Crippen molar-refractivity contribution in [2.24, 2.45) is 5.73 Å². The van der Waals surface area contributed by atoms with Gasteiger partial charge in [0.25, 0.3) is 0 Å². The van der Waals surface area contributed by atoms with Crippen LogP contribution in [0, 0.1) is 0 Å². The van der Waals surface area contributed by atoms with Crippen LogP contribution in [0.25, 0.3) is 0 Å². The van der Waals surface area contributed by atoms with Gasteiger partial charge in [-0.15, -0.1) is 0 Å². The van der Waals surface area contributed by atoms with Gasteiger partial charge in [0.15, 0.2) is 0 Å². The molecule has 0 saturated heterocycles. The Kier molecular flexibility index (Phi) is 6.32. The van der Waals surface area contributed by atoms with Gasteiger partial charge in [-0.1, -0.05) is 32.6 Å². The third-order valence-electron chi connectivity index (χ3n) is 3.44. The first-order valence-electron chi connectivity index (χ1n) is 6.62. The number of rotatable bonds is 8. The third kappa shape index (κ3) is 4.04. The minimum atomic E-state index is 0.109. The Morgan fingerprint density at radius 1 is 1.31 bits per heavy atom. The molecule has 0 aliphatic heterocycles. The molecule has 0 bridgehead atoms. The lowest BCUT2D eigenvalue weighted by molar-refractivity contribution is -0.148. The van der Waals surface area contributed by atoms with Gasteiger partial charge in [-0.3, -0.25) is 0 Å². The quantitative estimate of drug-likeness (QED) is 0.650. The molecule has 3 heteroatoms. The highest BCUT2D eigenvalue weighted by Crippen LogP contribution is 2.27. The second-order valence-corrected chi connectivity index (χ2v) is 4.93. The minimum absolute atomic E-state index is 0.109. The summed E-state index contributed by atoms with van der Waals surface area (Å²) in [7, 11) is 1.71. The van der Waals surface area contributed by atoms with Gasteiger partial charge in [-0.2, -0.15) is 0 Å². The summed E-state index contributed by atoms with van der Waals surface area (Å²) >= 11 is 0. The Labute approximate surface area is 99.7 Å². The van der Waals surface area contributed by atoms with Crippen LogP contribution in [0.5, 0.6) is 0 Å². The number of hydrogen-bond donors (Lipinski definition) is 1. The zero-order valence-corrected chi connectivity index (χ0v) is 10.9. The third-order valence-corrected chi connectivity index (χ3v) is 3.44. The van der Waals surface area contributed by atoms with Crippen molar-refractivity contribution in [2.45, 2.75) is 76.7 Å². The summed E-state index contributed by atoms with van der Waals surface area (Å²) in [5.41, 5.74) is 5.83. The molecule has 1 aliphatic rings. The molecule has 0 aromatic heterocycles. The van der Waals surface area contributed by atoms with Gasteiger partial charge < -0.3 is 15.2 Å². The average Bonchev–Trinajstić information content (AvgIpc) is 2.24. The summed E-state index contributed by atoms with van der Waals surface area (Å²) in [5.74, 6) is 0. The van der Waals surface area contributed by atoms with Crippen LogP contribution in [-0.2, 0) is 9.47 Å². The van der Waals surface area contributed by atoms with Crippen molar-refractivity contribution in [3.63, 3.8) is 0 Å². The first-order chi connectivity index (χ1) is 7.69. The largest absolute Gasteiger partial charge is 0.377 e. The maximum Gasteiger partial charge on any atom is 0.0984 e. The van der Waals surface area contributed by atoms with Crippen molar-refractivity contribution in [2.75, 3.05) is 7.11 Å². The van der Waals surface area contributed by atoms with E-state index in [2.05, 4.69) is 13.8 Å². The highest BCUT2D eigenvalue weighted by Gasteiger charge is 2.40. The molecule has 0 amide bonds. The van der Waals surface area contributed by atoms with E-state index in [1.807, 2.05) is 0 Å². The van der Waals surface area contributed by atoms with E-state index in [9.17, 15) is 0 Å². The average molecular weight is 229 g/mol. The van der Waals surface area contributed by atoms with Crippen LogP contribution in [0.15, 0.2) is 0 Å². The summed E-state index contributed by atoms with van der Waals surface area (Å²) in [4.78, 5) is 0. The Hall–Kier alpha value is -0.120. The smallest absolute Gasteiger partial charge is 0.0984 e. The predicted molar refractivity (Wildman–Crippen MR) is 66.5 cm³/mol. The van der Waals surface area contributed by atoms with E-state index in [1.54, 1.807) is 7.11 Å². The number of ether oxygens (including phenoxy) is 2. The summed E-state index contributed by atoms with van der Waals surface area (Å²) < 4.78 is 11.2. The minimum Gasteiger partial charge on any atom is -0.377 e. The predicted octanol–water partition coefficient (Wildman–Crippen LogP) is 2.48. The van der Waals surface area contributed by atoms with Gasteiger partial charge in [0.1, 0.15) is 0 Å². The Morgan fingerprint density at radius 2 is 2.06 bits per heavy atom. The van der Waals surface area contributed by atoms with Crippen LogP contribution < -0.4 is 5.73 Å². The van der Waals surface area contributed by atoms with E-state index < -0.39 is 0 Å². The van der Waals surface area contributed by atoms with E-state index in [0.717, 1.165) is 12.8 Å². The Balaban J connectivity index is 2.07. The van der Waals surface area contributed by atoms with Crippen molar-refractivity contribution >= 4 is 0 Å². The molecular weight excluding hydrogens is 202 g/mol. The molecule has 16 heavy (non-hydrogen) atoms. The normalized spacial score (nSPS) is 31.1. The molecular formula is C13H27NO2. The molecule has 1 fully saturated rings. The molecule has 96 valence electrons. The van der Waals surface area contributed by atoms with E-state index in [4.69, 9.17) is 15.2 Å². The summed E-state index contributed by atoms with van der Waals surface area (Å²) in [5, 5.41) is 0. The van der Waals surface area contributed by atoms with Crippen molar-refractivity contribution in [1.82, 2.24) is 0 Å². The number of unbranched alkanes of at least 4 members (excludes halogenated alkanes) is 3. The molecule has 0 heterocycles. The molecule has 2 N–H and O–H groups in total. The molecule has 1 aliphatic carbocycles. The van der Waals surface area contributed by atoms with E-state index in [0.29, 0.717) is 6.10 Å². The first-order valence-corrected chi connectivity index (χ1v) is 6.62. The molecule has 4 atom stereocenters. The molecule has 0 radical (unpaired) electrons. The van der Waals surface area contributed by atoms with Crippen LogP contribution in [0.3, 0.4) is 0 Å². The van der Waals surface area contributed by atoms with Crippen molar-refractivity contribution in [3.05, 3.63) is 0 Å². The second kappa shape index (κ2) is 7.25. The fraction of sp³-hybridized carbons (Fsp3) is 1.00. The maximum absolute atomic E-state index is 5.94. The lowest BCUT2D eigenvalue weighted by Gasteiger charge is -2.42. The number of nitrogens with two attached hydrogens (primary N) is 1. The topological polar surface area (TPSA) is 44.5 Å². The van der Waals surface area contributed by atoms with Crippen molar-refractivity contribution < 1.29 is 9.47 Å². The summed E-state index contributed by atoms with van der Waals surface area (Å²) in [6.07, 6.45) is 7.99. The van der Waals surface area contributed by atoms with Crippen molar-refractivity contribution in [1.29, 1.82) is 0 Å². The van der Waals surface area contributed by atoms with Crippen LogP contribution in [-0.4, -0.2) is 31.5 Å². The highest BCUT2D eigenvalue weighted by molar-refractivity contribution is 4.95. The zero-order chi connectivity index (χ0) is 12.0. The van der Waals surface area contributed by atoms with Gasteiger partial charge in [0, 0.05) is 13.2 Å². The van der Waals surface area contributed by atoms with Crippen LogP contribution >= 0.6 is 0 Å².